The molecule has 1 amide bonds. The van der Waals surface area contributed by atoms with Crippen molar-refractivity contribution in [1.82, 2.24) is 15.2 Å². The quantitative estimate of drug-likeness (QED) is 0.301. The molecular weight excluding hydrogens is 518 g/mol. The van der Waals surface area contributed by atoms with Crippen LogP contribution in [0.15, 0.2) is 42.6 Å². The first-order valence-electron chi connectivity index (χ1n) is 15.0. The lowest BCUT2D eigenvalue weighted by atomic mass is 9.76. The van der Waals surface area contributed by atoms with Gasteiger partial charge in [-0.2, -0.15) is 11.8 Å². The highest BCUT2D eigenvalue weighted by molar-refractivity contribution is 8.00. The predicted octanol–water partition coefficient (Wildman–Crippen LogP) is 6.69. The summed E-state index contributed by atoms with van der Waals surface area (Å²) in [6.07, 6.45) is 11.4. The topological polar surface area (TPSA) is 85.4 Å². The maximum absolute atomic E-state index is 13.0. The maximum atomic E-state index is 13.0. The van der Waals surface area contributed by atoms with Crippen molar-refractivity contribution in [2.24, 2.45) is 0 Å². The van der Waals surface area contributed by atoms with E-state index in [1.165, 1.54) is 71.0 Å². The van der Waals surface area contributed by atoms with Crippen molar-refractivity contribution in [2.75, 3.05) is 12.3 Å². The van der Waals surface area contributed by atoms with E-state index in [1.807, 2.05) is 12.1 Å². The third-order valence-corrected chi connectivity index (χ3v) is 11.8. The van der Waals surface area contributed by atoms with E-state index in [1.54, 1.807) is 0 Å². The Morgan fingerprint density at radius 1 is 1.10 bits per heavy atom. The van der Waals surface area contributed by atoms with E-state index in [2.05, 4.69) is 64.3 Å². The summed E-state index contributed by atoms with van der Waals surface area (Å²) in [6.45, 7) is 4.24. The molecule has 2 aromatic carbocycles. The molecule has 210 valence electrons. The van der Waals surface area contributed by atoms with Crippen LogP contribution in [-0.2, 0) is 11.3 Å². The van der Waals surface area contributed by atoms with Crippen molar-refractivity contribution in [2.45, 2.75) is 93.5 Å². The van der Waals surface area contributed by atoms with Gasteiger partial charge in [-0.25, -0.2) is 4.79 Å². The first-order chi connectivity index (χ1) is 19.4. The molecule has 0 bridgehead atoms. The minimum atomic E-state index is -1.10. The van der Waals surface area contributed by atoms with Gasteiger partial charge in [0.15, 0.2) is 0 Å². The predicted molar refractivity (Wildman–Crippen MR) is 160 cm³/mol. The molecule has 2 aliphatic heterocycles. The lowest BCUT2D eigenvalue weighted by Gasteiger charge is -2.45. The van der Waals surface area contributed by atoms with E-state index < -0.39 is 11.5 Å². The molecule has 40 heavy (non-hydrogen) atoms. The summed E-state index contributed by atoms with van der Waals surface area (Å²) >= 11 is 2.17. The van der Waals surface area contributed by atoms with Crippen LogP contribution >= 0.6 is 11.8 Å². The number of likely N-dealkylation sites (tertiary alicyclic amines) is 1. The highest BCUT2D eigenvalue weighted by Crippen LogP contribution is 2.52. The molecule has 3 N–H and O–H groups in total. The molecular formula is C33H39N3O3S. The molecule has 7 heteroatoms. The second kappa shape index (κ2) is 9.95. The lowest BCUT2D eigenvalue weighted by Crippen LogP contribution is -2.59. The second-order valence-corrected chi connectivity index (χ2v) is 14.3. The first-order valence-corrected chi connectivity index (χ1v) is 16.0. The zero-order valence-electron chi connectivity index (χ0n) is 23.3. The van der Waals surface area contributed by atoms with Gasteiger partial charge < -0.3 is 15.4 Å². The normalized spacial score (nSPS) is 26.2. The average molecular weight is 558 g/mol. The maximum Gasteiger partial charge on any atom is 0.329 e. The fraction of sp³-hybridized carbons (Fsp3) is 0.515. The van der Waals surface area contributed by atoms with E-state index >= 15 is 0 Å². The van der Waals surface area contributed by atoms with Crippen LogP contribution in [0.1, 0.15) is 102 Å². The molecule has 7 rings (SSSR count). The number of fused-ring (bicyclic) bond motifs is 1. The minimum Gasteiger partial charge on any atom is -0.480 e. The van der Waals surface area contributed by atoms with Crippen LogP contribution in [0.3, 0.4) is 0 Å². The number of carbonyl (C=O) groups excluding carboxylic acids is 1. The third-order valence-electron chi connectivity index (χ3n) is 10.1. The molecule has 4 aliphatic rings. The van der Waals surface area contributed by atoms with Crippen molar-refractivity contribution in [3.05, 3.63) is 70.4 Å². The van der Waals surface area contributed by atoms with Gasteiger partial charge in [-0.3, -0.25) is 9.69 Å². The number of hydrogen-bond acceptors (Lipinski definition) is 4. The van der Waals surface area contributed by atoms with Gasteiger partial charge >= 0.3 is 5.97 Å². The van der Waals surface area contributed by atoms with Gasteiger partial charge in [0.05, 0.1) is 0 Å². The number of hydrogen-bond donors (Lipinski definition) is 3. The monoisotopic (exact) mass is 557 g/mol. The first kappa shape index (κ1) is 26.1. The molecule has 2 aliphatic carbocycles. The summed E-state index contributed by atoms with van der Waals surface area (Å²) in [5.41, 5.74) is 6.31. The number of carboxylic acids is 1. The zero-order chi connectivity index (χ0) is 27.5. The van der Waals surface area contributed by atoms with E-state index in [9.17, 15) is 14.7 Å². The fourth-order valence-corrected chi connectivity index (χ4v) is 8.94. The van der Waals surface area contributed by atoms with Gasteiger partial charge in [0.2, 0.25) is 0 Å². The number of aromatic nitrogens is 1. The Balaban J connectivity index is 1.18. The third kappa shape index (κ3) is 4.55. The standard InChI is InChI=1S/C33H39N3O3S/c1-21-18-26(22-4-5-22)27(25-10-15-34-29(21)25)20-36-16-14-32(11-3-17-40-32)19-28(36)23-6-8-24(9-7-23)30(37)35-33(31(38)39)12-2-13-33/h6-10,15,18,22,28,34H,2-5,11-14,16-17,19-20H2,1H3,(H,35,37)(H,38,39)/t28-,32+/m0/s1. The number of aromatic amines is 1. The number of H-pyrrole nitrogens is 1. The molecule has 1 spiro atoms. The molecule has 2 saturated heterocycles. The molecule has 2 saturated carbocycles. The number of nitrogens with zero attached hydrogens (tertiary/aromatic N) is 1. The highest BCUT2D eigenvalue weighted by Gasteiger charge is 2.46. The second-order valence-electron chi connectivity index (χ2n) is 12.7. The molecule has 0 unspecified atom stereocenters. The number of nitrogens with one attached hydrogen (secondary N) is 2. The Labute approximate surface area is 240 Å². The Kier molecular flexibility index (Phi) is 6.50. The van der Waals surface area contributed by atoms with Crippen LogP contribution < -0.4 is 5.32 Å². The summed E-state index contributed by atoms with van der Waals surface area (Å²) in [5.74, 6) is 0.723. The summed E-state index contributed by atoms with van der Waals surface area (Å²) in [4.78, 5) is 30.9. The molecule has 0 radical (unpaired) electrons. The number of thioether (sulfide) groups is 1. The van der Waals surface area contributed by atoms with Crippen molar-refractivity contribution < 1.29 is 14.7 Å². The van der Waals surface area contributed by atoms with Crippen LogP contribution in [0.5, 0.6) is 0 Å². The Morgan fingerprint density at radius 2 is 1.90 bits per heavy atom. The smallest absolute Gasteiger partial charge is 0.329 e. The van der Waals surface area contributed by atoms with E-state index in [0.29, 0.717) is 29.1 Å². The molecule has 1 aromatic heterocycles. The molecule has 2 atom stereocenters. The fourth-order valence-electron chi connectivity index (χ4n) is 7.42. The summed E-state index contributed by atoms with van der Waals surface area (Å²) in [7, 11) is 0. The van der Waals surface area contributed by atoms with Gasteiger partial charge in [-0.1, -0.05) is 18.2 Å². The number of carbonyl (C=O) groups is 2. The van der Waals surface area contributed by atoms with Crippen LogP contribution in [-0.4, -0.2) is 49.5 Å². The van der Waals surface area contributed by atoms with Crippen LogP contribution in [0.4, 0.5) is 0 Å². The summed E-state index contributed by atoms with van der Waals surface area (Å²) < 4.78 is 0.352. The highest BCUT2D eigenvalue weighted by atomic mass is 32.2. The number of rotatable bonds is 7. The lowest BCUT2D eigenvalue weighted by molar-refractivity contribution is -0.148. The number of carboxylic acid groups (broad SMARTS) is 1. The molecule has 3 aromatic rings. The van der Waals surface area contributed by atoms with Crippen LogP contribution in [0.25, 0.3) is 10.9 Å². The minimum absolute atomic E-state index is 0.288. The largest absolute Gasteiger partial charge is 0.480 e. The number of aryl methyl sites for hydroxylation is 1. The summed E-state index contributed by atoms with van der Waals surface area (Å²) in [6, 6.07) is 13.0. The number of aliphatic carboxylic acids is 1. The van der Waals surface area contributed by atoms with Crippen LogP contribution in [0.2, 0.25) is 0 Å². The van der Waals surface area contributed by atoms with Gasteiger partial charge in [-0.15, -0.1) is 0 Å². The average Bonchev–Trinajstić information content (AvgIpc) is 3.47. The van der Waals surface area contributed by atoms with Gasteiger partial charge in [0.1, 0.15) is 5.54 Å². The van der Waals surface area contributed by atoms with E-state index in [0.717, 1.165) is 25.9 Å². The number of piperidine rings is 1. The van der Waals surface area contributed by atoms with E-state index in [4.69, 9.17) is 0 Å². The van der Waals surface area contributed by atoms with Gasteiger partial charge in [0, 0.05) is 46.5 Å². The van der Waals surface area contributed by atoms with Crippen molar-refractivity contribution in [1.29, 1.82) is 0 Å². The number of amides is 1. The van der Waals surface area contributed by atoms with Gasteiger partial charge in [0.25, 0.3) is 5.91 Å². The Bertz CT molecular complexity index is 1450. The SMILES string of the molecule is Cc1cc(C2CC2)c(CN2CC[C@]3(CCCS3)C[C@H]2c2ccc(C(=O)NC3(C(=O)O)CCC3)cc2)c2cc[nH]c12. The van der Waals surface area contributed by atoms with Crippen LogP contribution in [0, 0.1) is 6.92 Å². The summed E-state index contributed by atoms with van der Waals surface area (Å²) in [5, 5.41) is 13.8. The number of benzene rings is 2. The van der Waals surface area contributed by atoms with Crippen molar-refractivity contribution in [3.8, 4) is 0 Å². The van der Waals surface area contributed by atoms with Crippen molar-refractivity contribution in [3.63, 3.8) is 0 Å². The Hall–Kier alpha value is -2.77. The van der Waals surface area contributed by atoms with E-state index in [-0.39, 0.29) is 11.9 Å². The molecule has 4 fully saturated rings. The van der Waals surface area contributed by atoms with Gasteiger partial charge in [-0.05, 0) is 117 Å². The molecule has 6 nitrogen and oxygen atoms in total. The zero-order valence-corrected chi connectivity index (χ0v) is 24.1. The van der Waals surface area contributed by atoms with Crippen molar-refractivity contribution >= 4 is 34.5 Å². The Morgan fingerprint density at radius 3 is 2.55 bits per heavy atom. The molecule has 3 heterocycles.